The summed E-state index contributed by atoms with van der Waals surface area (Å²) in [5.74, 6) is -0.791. The summed E-state index contributed by atoms with van der Waals surface area (Å²) in [6, 6.07) is 15.9. The van der Waals surface area contributed by atoms with Crippen LogP contribution in [0.4, 0.5) is 8.78 Å². The van der Waals surface area contributed by atoms with Crippen molar-refractivity contribution in [1.82, 2.24) is 4.90 Å². The van der Waals surface area contributed by atoms with Crippen molar-refractivity contribution in [3.8, 4) is 0 Å². The smallest absolute Gasteiger partial charge is 0.264 e. The Hall–Kier alpha value is -3.06. The largest absolute Gasteiger partial charge is 0.390 e. The molecule has 0 aliphatic carbocycles. The van der Waals surface area contributed by atoms with Crippen molar-refractivity contribution in [3.05, 3.63) is 93.7 Å². The molecule has 4 rings (SSSR count). The number of carbonyl (C=O) groups is 1. The van der Waals surface area contributed by atoms with Crippen LogP contribution in [-0.4, -0.2) is 29.2 Å². The van der Waals surface area contributed by atoms with Gasteiger partial charge in [0.2, 0.25) is 0 Å². The van der Waals surface area contributed by atoms with Gasteiger partial charge in [0.05, 0.1) is 17.1 Å². The van der Waals surface area contributed by atoms with Crippen molar-refractivity contribution >= 4 is 23.0 Å². The molecular formula is C22H18F2N2O2S. The summed E-state index contributed by atoms with van der Waals surface area (Å²) in [6.07, 6.45) is 0.177. The van der Waals surface area contributed by atoms with Gasteiger partial charge in [-0.15, -0.1) is 11.3 Å². The monoisotopic (exact) mass is 412 g/mol. The molecule has 0 saturated heterocycles. The number of thiophene rings is 1. The lowest BCUT2D eigenvalue weighted by molar-refractivity contribution is 0.0408. The minimum absolute atomic E-state index is 0.136. The van der Waals surface area contributed by atoms with Crippen LogP contribution in [0.3, 0.4) is 0 Å². The molecule has 148 valence electrons. The molecule has 4 nitrogen and oxygen atoms in total. The van der Waals surface area contributed by atoms with Crippen LogP contribution < -0.4 is 0 Å². The molecule has 2 aromatic carbocycles. The van der Waals surface area contributed by atoms with Gasteiger partial charge in [0.1, 0.15) is 11.6 Å². The highest BCUT2D eigenvalue weighted by atomic mass is 32.1. The molecule has 0 radical (unpaired) electrons. The molecule has 1 atom stereocenters. The van der Waals surface area contributed by atoms with Gasteiger partial charge in [-0.25, -0.2) is 8.78 Å². The number of oxime groups is 1. The standard InChI is InChI=1S/C22H18F2N2O2S/c23-17-8-6-16(7-9-17)20-12-19(28-25-20)14-26(22(27)21-5-2-10-29-21)13-15-3-1-4-18(24)11-15/h1-11,19H,12-14H2/t19-/m1/s1. The maximum Gasteiger partial charge on any atom is 0.264 e. The van der Waals surface area contributed by atoms with E-state index in [0.717, 1.165) is 5.56 Å². The summed E-state index contributed by atoms with van der Waals surface area (Å²) in [6.45, 7) is 0.571. The molecule has 0 saturated carbocycles. The van der Waals surface area contributed by atoms with E-state index in [1.807, 2.05) is 11.4 Å². The first-order valence-corrected chi connectivity index (χ1v) is 10.0. The third-order valence-corrected chi connectivity index (χ3v) is 5.47. The van der Waals surface area contributed by atoms with E-state index in [1.165, 1.54) is 35.6 Å². The van der Waals surface area contributed by atoms with Gasteiger partial charge in [-0.3, -0.25) is 4.79 Å². The van der Waals surface area contributed by atoms with Crippen LogP contribution in [0.5, 0.6) is 0 Å². The molecule has 7 heteroatoms. The molecule has 0 N–H and O–H groups in total. The molecule has 1 amide bonds. The van der Waals surface area contributed by atoms with Crippen molar-refractivity contribution in [2.45, 2.75) is 19.1 Å². The number of hydrogen-bond donors (Lipinski definition) is 0. The van der Waals surface area contributed by atoms with Crippen LogP contribution in [-0.2, 0) is 11.4 Å². The molecule has 0 spiro atoms. The number of carbonyl (C=O) groups excluding carboxylic acids is 1. The second-order valence-corrected chi connectivity index (χ2v) is 7.72. The molecule has 0 bridgehead atoms. The molecule has 1 aliphatic heterocycles. The molecular weight excluding hydrogens is 394 g/mol. The van der Waals surface area contributed by atoms with Crippen LogP contribution in [0.2, 0.25) is 0 Å². The second-order valence-electron chi connectivity index (χ2n) is 6.77. The summed E-state index contributed by atoms with van der Waals surface area (Å²) in [4.78, 5) is 20.8. The average Bonchev–Trinajstić information content (AvgIpc) is 3.40. The van der Waals surface area contributed by atoms with E-state index >= 15 is 0 Å². The van der Waals surface area contributed by atoms with E-state index in [1.54, 1.807) is 35.2 Å². The van der Waals surface area contributed by atoms with E-state index in [9.17, 15) is 13.6 Å². The molecule has 1 aliphatic rings. The third kappa shape index (κ3) is 4.68. The molecule has 3 aromatic rings. The molecule has 2 heterocycles. The summed E-state index contributed by atoms with van der Waals surface area (Å²) in [7, 11) is 0. The van der Waals surface area contributed by atoms with E-state index in [4.69, 9.17) is 4.84 Å². The Morgan fingerprint density at radius 3 is 2.66 bits per heavy atom. The van der Waals surface area contributed by atoms with Gasteiger partial charge in [-0.2, -0.15) is 0 Å². The Balaban J connectivity index is 1.48. The minimum Gasteiger partial charge on any atom is -0.390 e. The molecule has 0 unspecified atom stereocenters. The quantitative estimate of drug-likeness (QED) is 0.580. The Morgan fingerprint density at radius 2 is 1.93 bits per heavy atom. The maximum absolute atomic E-state index is 13.6. The topological polar surface area (TPSA) is 41.9 Å². The van der Waals surface area contributed by atoms with Crippen LogP contribution >= 0.6 is 11.3 Å². The lowest BCUT2D eigenvalue weighted by Crippen LogP contribution is -2.37. The van der Waals surface area contributed by atoms with Crippen LogP contribution in [0.15, 0.2) is 71.2 Å². The molecule has 0 fully saturated rings. The zero-order valence-electron chi connectivity index (χ0n) is 15.4. The Kier molecular flexibility index (Phi) is 5.67. The van der Waals surface area contributed by atoms with E-state index in [2.05, 4.69) is 5.16 Å². The molecule has 29 heavy (non-hydrogen) atoms. The van der Waals surface area contributed by atoms with Gasteiger partial charge in [-0.05, 0) is 46.8 Å². The number of halogens is 2. The van der Waals surface area contributed by atoms with Crippen molar-refractivity contribution in [2.24, 2.45) is 5.16 Å². The minimum atomic E-state index is -0.343. The van der Waals surface area contributed by atoms with Gasteiger partial charge in [0.15, 0.2) is 6.10 Å². The Labute approximate surface area is 171 Å². The Bertz CT molecular complexity index is 1020. The van der Waals surface area contributed by atoms with Crippen LogP contribution in [0.25, 0.3) is 0 Å². The fraction of sp³-hybridized carbons (Fsp3) is 0.182. The van der Waals surface area contributed by atoms with Gasteiger partial charge in [0.25, 0.3) is 5.91 Å². The predicted molar refractivity (Wildman–Crippen MR) is 108 cm³/mol. The number of nitrogens with zero attached hydrogens (tertiary/aromatic N) is 2. The van der Waals surface area contributed by atoms with E-state index in [-0.39, 0.29) is 30.2 Å². The van der Waals surface area contributed by atoms with Crippen molar-refractivity contribution in [3.63, 3.8) is 0 Å². The number of benzene rings is 2. The second kappa shape index (κ2) is 8.53. The zero-order chi connectivity index (χ0) is 20.2. The SMILES string of the molecule is O=C(c1cccs1)N(Cc1cccc(F)c1)C[C@H]1CC(c2ccc(F)cc2)=NO1. The number of rotatable bonds is 6. The summed E-state index contributed by atoms with van der Waals surface area (Å²) in [5, 5.41) is 5.95. The predicted octanol–water partition coefficient (Wildman–Crippen LogP) is 4.86. The zero-order valence-corrected chi connectivity index (χ0v) is 16.2. The first-order valence-electron chi connectivity index (χ1n) is 9.14. The first kappa shape index (κ1) is 19.3. The maximum atomic E-state index is 13.6. The van der Waals surface area contributed by atoms with Gasteiger partial charge >= 0.3 is 0 Å². The lowest BCUT2D eigenvalue weighted by Gasteiger charge is -2.24. The molecule has 1 aromatic heterocycles. The fourth-order valence-corrected chi connectivity index (χ4v) is 3.91. The number of hydrogen-bond acceptors (Lipinski definition) is 4. The van der Waals surface area contributed by atoms with Crippen molar-refractivity contribution in [2.75, 3.05) is 6.54 Å². The number of amides is 1. The summed E-state index contributed by atoms with van der Waals surface area (Å²) >= 11 is 1.36. The summed E-state index contributed by atoms with van der Waals surface area (Å²) in [5.41, 5.74) is 2.20. The fourth-order valence-electron chi connectivity index (χ4n) is 3.22. The first-order chi connectivity index (χ1) is 14.1. The van der Waals surface area contributed by atoms with Gasteiger partial charge < -0.3 is 9.74 Å². The highest BCUT2D eigenvalue weighted by Crippen LogP contribution is 2.21. The average molecular weight is 412 g/mol. The van der Waals surface area contributed by atoms with E-state index in [0.29, 0.717) is 29.1 Å². The lowest BCUT2D eigenvalue weighted by atomic mass is 10.0. The van der Waals surface area contributed by atoms with Gasteiger partial charge in [-0.1, -0.05) is 35.5 Å². The van der Waals surface area contributed by atoms with E-state index < -0.39 is 0 Å². The summed E-state index contributed by atoms with van der Waals surface area (Å²) < 4.78 is 26.7. The van der Waals surface area contributed by atoms with Crippen molar-refractivity contribution in [1.29, 1.82) is 0 Å². The highest BCUT2D eigenvalue weighted by molar-refractivity contribution is 7.12. The van der Waals surface area contributed by atoms with Crippen molar-refractivity contribution < 1.29 is 18.4 Å². The van der Waals surface area contributed by atoms with Crippen LogP contribution in [0, 0.1) is 11.6 Å². The van der Waals surface area contributed by atoms with Gasteiger partial charge in [0, 0.05) is 13.0 Å². The Morgan fingerprint density at radius 1 is 1.10 bits per heavy atom. The highest BCUT2D eigenvalue weighted by Gasteiger charge is 2.27. The third-order valence-electron chi connectivity index (χ3n) is 4.62. The van der Waals surface area contributed by atoms with Crippen LogP contribution in [0.1, 0.15) is 27.2 Å². The normalized spacial score (nSPS) is 15.7.